The van der Waals surface area contributed by atoms with E-state index in [2.05, 4.69) is 22.1 Å². The largest absolute Gasteiger partial charge is 0.459 e. The van der Waals surface area contributed by atoms with Crippen molar-refractivity contribution in [3.8, 4) is 23.0 Å². The van der Waals surface area contributed by atoms with E-state index in [-0.39, 0.29) is 16.4 Å². The molecule has 13 heteroatoms. The molecule has 1 amide bonds. The topological polar surface area (TPSA) is 88.5 Å². The Morgan fingerprint density at radius 3 is 2.54 bits per heavy atom. The second-order valence-electron chi connectivity index (χ2n) is 8.00. The Kier molecular flexibility index (Phi) is 5.72. The molecular weight excluding hydrogens is 495 g/mol. The molecule has 0 saturated heterocycles. The number of rotatable bonds is 6. The van der Waals surface area contributed by atoms with Crippen molar-refractivity contribution in [2.24, 2.45) is 7.05 Å². The predicted octanol–water partition coefficient (Wildman–Crippen LogP) is 5.01. The van der Waals surface area contributed by atoms with Gasteiger partial charge >= 0.3 is 12.1 Å². The van der Waals surface area contributed by atoms with E-state index in [1.807, 2.05) is 6.07 Å². The summed E-state index contributed by atoms with van der Waals surface area (Å²) >= 11 is 6.16. The van der Waals surface area contributed by atoms with E-state index in [9.17, 15) is 32.0 Å². The monoisotopic (exact) mass is 510 g/mol. The number of nitrogens with one attached hydrogen (secondary N) is 1. The van der Waals surface area contributed by atoms with Gasteiger partial charge in [0, 0.05) is 24.4 Å². The zero-order valence-corrected chi connectivity index (χ0v) is 18.8. The summed E-state index contributed by atoms with van der Waals surface area (Å²) in [6.07, 6.45) is -1.22. The Morgan fingerprint density at radius 2 is 1.97 bits per heavy atom. The minimum Gasteiger partial charge on any atom is -0.334 e. The molecule has 35 heavy (non-hydrogen) atoms. The highest BCUT2D eigenvalue weighted by atomic mass is 35.5. The SMILES string of the molecule is C=Cc1c(C(F)(F)C(F)(F)F)nn(C)c1-n1cc(-c2ccc(Cl)c(C(=O)NC3(C#N)CC3)c2)cn1. The van der Waals surface area contributed by atoms with E-state index in [0.29, 0.717) is 24.0 Å². The number of alkyl halides is 5. The van der Waals surface area contributed by atoms with E-state index in [0.717, 1.165) is 15.4 Å². The molecule has 2 aromatic heterocycles. The van der Waals surface area contributed by atoms with Crippen molar-refractivity contribution in [1.82, 2.24) is 24.9 Å². The van der Waals surface area contributed by atoms with Crippen LogP contribution in [0.1, 0.15) is 34.5 Å². The van der Waals surface area contributed by atoms with Gasteiger partial charge in [0.15, 0.2) is 11.5 Å². The fourth-order valence-electron chi connectivity index (χ4n) is 3.50. The number of carbonyl (C=O) groups is 1. The van der Waals surface area contributed by atoms with Gasteiger partial charge in [-0.25, -0.2) is 9.36 Å². The van der Waals surface area contributed by atoms with Gasteiger partial charge in [0.05, 0.1) is 22.9 Å². The average molecular weight is 511 g/mol. The Balaban J connectivity index is 1.71. The van der Waals surface area contributed by atoms with Crippen LogP contribution in [0.4, 0.5) is 22.0 Å². The van der Waals surface area contributed by atoms with E-state index in [4.69, 9.17) is 11.6 Å². The molecule has 0 unspecified atom stereocenters. The third-order valence-corrected chi connectivity index (χ3v) is 5.90. The number of hydrogen-bond donors (Lipinski definition) is 1. The highest BCUT2D eigenvalue weighted by Gasteiger charge is 2.61. The van der Waals surface area contributed by atoms with Crippen molar-refractivity contribution in [2.75, 3.05) is 0 Å². The average Bonchev–Trinajstić information content (AvgIpc) is 3.23. The smallest absolute Gasteiger partial charge is 0.334 e. The summed E-state index contributed by atoms with van der Waals surface area (Å²) in [6.45, 7) is 3.36. The molecule has 1 aliphatic rings. The molecule has 4 rings (SSSR count). The van der Waals surface area contributed by atoms with Gasteiger partial charge < -0.3 is 5.32 Å². The molecule has 1 aliphatic carbocycles. The van der Waals surface area contributed by atoms with Crippen LogP contribution in [0.25, 0.3) is 23.0 Å². The second kappa shape index (κ2) is 8.20. The second-order valence-corrected chi connectivity index (χ2v) is 8.41. The van der Waals surface area contributed by atoms with Gasteiger partial charge in [-0.15, -0.1) is 0 Å². The van der Waals surface area contributed by atoms with Crippen LogP contribution in [-0.4, -0.2) is 37.2 Å². The molecule has 2 heterocycles. The van der Waals surface area contributed by atoms with Gasteiger partial charge in [-0.3, -0.25) is 4.79 Å². The number of hydrogen-bond acceptors (Lipinski definition) is 4. The molecule has 0 aliphatic heterocycles. The summed E-state index contributed by atoms with van der Waals surface area (Å²) < 4.78 is 68.9. The van der Waals surface area contributed by atoms with Gasteiger partial charge in [-0.2, -0.15) is 37.4 Å². The molecule has 0 radical (unpaired) electrons. The van der Waals surface area contributed by atoms with Crippen LogP contribution in [0.15, 0.2) is 37.2 Å². The lowest BCUT2D eigenvalue weighted by molar-refractivity contribution is -0.291. The minimum absolute atomic E-state index is 0.109. The summed E-state index contributed by atoms with van der Waals surface area (Å²) in [6, 6.07) is 6.57. The third-order valence-electron chi connectivity index (χ3n) is 5.57. The van der Waals surface area contributed by atoms with E-state index < -0.39 is 34.8 Å². The lowest BCUT2D eigenvalue weighted by atomic mass is 10.1. The number of nitriles is 1. The number of nitrogens with zero attached hydrogens (tertiary/aromatic N) is 5. The maximum absolute atomic E-state index is 14.0. The first kappa shape index (κ1) is 24.4. The van der Waals surface area contributed by atoms with Gasteiger partial charge in [-0.05, 0) is 30.5 Å². The van der Waals surface area contributed by atoms with Gasteiger partial charge in [-0.1, -0.05) is 30.3 Å². The summed E-state index contributed by atoms with van der Waals surface area (Å²) in [7, 11) is 1.20. The Bertz CT molecular complexity index is 1380. The lowest BCUT2D eigenvalue weighted by Crippen LogP contribution is -2.35. The van der Waals surface area contributed by atoms with Crippen molar-refractivity contribution >= 4 is 23.6 Å². The molecule has 1 aromatic carbocycles. The number of benzene rings is 1. The standard InChI is InChI=1S/C22H16ClF5N6O/c1-3-14-17(21(24,25)22(26,27)28)32-33(2)19(14)34-10-13(9-30-34)12-4-5-16(23)15(8-12)18(35)31-20(11-29)6-7-20/h3-5,8-10H,1,6-7H2,2H3,(H,31,35). The summed E-state index contributed by atoms with van der Waals surface area (Å²) in [5.41, 5.74) is -1.94. The predicted molar refractivity (Wildman–Crippen MR) is 116 cm³/mol. The maximum atomic E-state index is 14.0. The third kappa shape index (κ3) is 4.16. The number of halogens is 6. The normalized spacial score (nSPS) is 14.9. The summed E-state index contributed by atoms with van der Waals surface area (Å²) in [4.78, 5) is 12.6. The van der Waals surface area contributed by atoms with Crippen molar-refractivity contribution in [2.45, 2.75) is 30.5 Å². The first-order chi connectivity index (χ1) is 16.3. The maximum Gasteiger partial charge on any atom is 0.459 e. The fourth-order valence-corrected chi connectivity index (χ4v) is 3.70. The summed E-state index contributed by atoms with van der Waals surface area (Å²) in [5.74, 6) is -5.91. The van der Waals surface area contributed by atoms with Crippen LogP contribution < -0.4 is 5.32 Å². The first-order valence-electron chi connectivity index (χ1n) is 10.1. The van der Waals surface area contributed by atoms with Crippen molar-refractivity contribution in [3.05, 3.63) is 59.0 Å². The molecule has 0 bridgehead atoms. The highest BCUT2D eigenvalue weighted by molar-refractivity contribution is 6.34. The molecule has 1 saturated carbocycles. The molecule has 0 atom stereocenters. The van der Waals surface area contributed by atoms with Gasteiger partial charge in [0.2, 0.25) is 0 Å². The van der Waals surface area contributed by atoms with Crippen LogP contribution in [0.5, 0.6) is 0 Å². The van der Waals surface area contributed by atoms with Crippen LogP contribution in [0.3, 0.4) is 0 Å². The Labute approximate surface area is 200 Å². The number of amides is 1. The number of carbonyl (C=O) groups excluding carboxylic acids is 1. The van der Waals surface area contributed by atoms with Crippen LogP contribution in [-0.2, 0) is 13.0 Å². The Morgan fingerprint density at radius 1 is 1.29 bits per heavy atom. The van der Waals surface area contributed by atoms with Crippen LogP contribution in [0.2, 0.25) is 5.02 Å². The van der Waals surface area contributed by atoms with E-state index in [1.54, 1.807) is 6.07 Å². The highest BCUT2D eigenvalue weighted by Crippen LogP contribution is 2.45. The molecule has 3 aromatic rings. The quantitative estimate of drug-likeness (QED) is 0.472. The molecule has 7 nitrogen and oxygen atoms in total. The Hall–Kier alpha value is -3.72. The van der Waals surface area contributed by atoms with Crippen molar-refractivity contribution < 1.29 is 26.7 Å². The summed E-state index contributed by atoms with van der Waals surface area (Å²) in [5, 5.41) is 19.5. The first-order valence-corrected chi connectivity index (χ1v) is 10.4. The zero-order valence-electron chi connectivity index (χ0n) is 18.0. The lowest BCUT2D eigenvalue weighted by Gasteiger charge is -2.18. The van der Waals surface area contributed by atoms with E-state index in [1.165, 1.54) is 31.6 Å². The van der Waals surface area contributed by atoms with Crippen molar-refractivity contribution in [1.29, 1.82) is 5.26 Å². The molecular formula is C22H16ClF5N6O. The van der Waals surface area contributed by atoms with Gasteiger partial charge in [0.1, 0.15) is 5.54 Å². The zero-order chi connectivity index (χ0) is 25.8. The minimum atomic E-state index is -5.85. The molecule has 1 fully saturated rings. The fraction of sp³-hybridized carbons (Fsp3) is 0.273. The number of aromatic nitrogens is 4. The molecule has 0 spiro atoms. The van der Waals surface area contributed by atoms with E-state index >= 15 is 0 Å². The van der Waals surface area contributed by atoms with Crippen LogP contribution in [0, 0.1) is 11.3 Å². The molecule has 1 N–H and O–H groups in total. The van der Waals surface area contributed by atoms with Crippen molar-refractivity contribution in [3.63, 3.8) is 0 Å². The van der Waals surface area contributed by atoms with Crippen LogP contribution >= 0.6 is 11.6 Å². The number of aryl methyl sites for hydroxylation is 1. The van der Waals surface area contributed by atoms with Gasteiger partial charge in [0.25, 0.3) is 5.91 Å². The molecule has 182 valence electrons.